The predicted molar refractivity (Wildman–Crippen MR) is 90.1 cm³/mol. The van der Waals surface area contributed by atoms with Crippen LogP contribution in [0.15, 0.2) is 11.1 Å². The Labute approximate surface area is 127 Å². The van der Waals surface area contributed by atoms with Crippen LogP contribution in [0.2, 0.25) is 0 Å². The van der Waals surface area contributed by atoms with E-state index in [1.165, 1.54) is 103 Å². The molecule has 2 aliphatic rings. The number of unbranched alkanes of at least 4 members (excludes halogenated alkanes) is 10. The fourth-order valence-corrected chi connectivity index (χ4v) is 4.20. The molecule has 0 aromatic carbocycles. The van der Waals surface area contributed by atoms with E-state index in [1.54, 1.807) is 0 Å². The monoisotopic (exact) mass is 276 g/mol. The molecule has 0 nitrogen and oxygen atoms in total. The molecule has 0 heterocycles. The molecule has 2 bridgehead atoms. The second-order valence-corrected chi connectivity index (χ2v) is 7.31. The van der Waals surface area contributed by atoms with Gasteiger partial charge in [0, 0.05) is 0 Å². The molecule has 1 atom stereocenters. The number of rotatable bonds is 12. The third-order valence-corrected chi connectivity index (χ3v) is 5.51. The Bertz CT molecular complexity index is 286. The van der Waals surface area contributed by atoms with Gasteiger partial charge in [-0.25, -0.2) is 0 Å². The Morgan fingerprint density at radius 2 is 1.35 bits per heavy atom. The lowest BCUT2D eigenvalue weighted by molar-refractivity contribution is 0.533. The predicted octanol–water partition coefficient (Wildman–Crippen LogP) is 7.19. The minimum Gasteiger partial charge on any atom is -0.0707 e. The number of allylic oxidation sites excluding steroid dienone is 2. The summed E-state index contributed by atoms with van der Waals surface area (Å²) in [7, 11) is 0. The Morgan fingerprint density at radius 1 is 0.750 bits per heavy atom. The van der Waals surface area contributed by atoms with Gasteiger partial charge in [0.2, 0.25) is 0 Å². The van der Waals surface area contributed by atoms with Crippen LogP contribution in [0.4, 0.5) is 0 Å². The second-order valence-electron chi connectivity index (χ2n) is 7.31. The first-order valence-corrected chi connectivity index (χ1v) is 9.60. The largest absolute Gasteiger partial charge is 0.0707 e. The molecule has 0 aromatic rings. The highest BCUT2D eigenvalue weighted by molar-refractivity contribution is 5.25. The smallest absolute Gasteiger partial charge is 0.0286 e. The molecule has 0 amide bonds. The lowest BCUT2D eigenvalue weighted by Gasteiger charge is -2.11. The summed E-state index contributed by atoms with van der Waals surface area (Å²) in [4.78, 5) is 0. The Morgan fingerprint density at radius 3 is 1.85 bits per heavy atom. The number of hydrogen-bond donors (Lipinski definition) is 0. The molecular weight excluding hydrogens is 240 g/mol. The molecule has 1 unspecified atom stereocenters. The van der Waals surface area contributed by atoms with Gasteiger partial charge in [0.15, 0.2) is 0 Å². The maximum absolute atomic E-state index is 2.30. The molecule has 0 spiro atoms. The average molecular weight is 277 g/mol. The first-order valence-electron chi connectivity index (χ1n) is 9.60. The first-order chi connectivity index (χ1) is 9.90. The van der Waals surface area contributed by atoms with Gasteiger partial charge in [-0.15, -0.1) is 0 Å². The zero-order valence-electron chi connectivity index (χ0n) is 13.9. The van der Waals surface area contributed by atoms with Crippen molar-refractivity contribution in [1.29, 1.82) is 0 Å². The van der Waals surface area contributed by atoms with E-state index in [9.17, 15) is 0 Å². The van der Waals surface area contributed by atoms with Crippen molar-refractivity contribution in [2.45, 2.75) is 110 Å². The summed E-state index contributed by atoms with van der Waals surface area (Å²) in [5.74, 6) is 1.08. The van der Waals surface area contributed by atoms with Gasteiger partial charge in [0.1, 0.15) is 0 Å². The van der Waals surface area contributed by atoms with Gasteiger partial charge in [-0.3, -0.25) is 0 Å². The standard InChI is InChI=1S/C20H36/c1-2-3-4-5-6-7-8-9-10-11-12-13-19-16-18-14-15-20(19)17-18/h18H,2-17H2,1H3. The fraction of sp³-hybridized carbons (Fsp3) is 0.900. The van der Waals surface area contributed by atoms with Gasteiger partial charge in [0.25, 0.3) is 0 Å². The zero-order valence-corrected chi connectivity index (χ0v) is 13.9. The molecule has 1 saturated carbocycles. The second kappa shape index (κ2) is 9.64. The van der Waals surface area contributed by atoms with Gasteiger partial charge < -0.3 is 0 Å². The van der Waals surface area contributed by atoms with Crippen molar-refractivity contribution in [3.8, 4) is 0 Å². The van der Waals surface area contributed by atoms with Crippen LogP contribution in [0.25, 0.3) is 0 Å². The van der Waals surface area contributed by atoms with Crippen LogP contribution in [-0.4, -0.2) is 0 Å². The van der Waals surface area contributed by atoms with E-state index in [1.807, 2.05) is 11.1 Å². The molecule has 0 aliphatic heterocycles. The minimum absolute atomic E-state index is 1.08. The van der Waals surface area contributed by atoms with Gasteiger partial charge in [-0.05, 0) is 44.4 Å². The van der Waals surface area contributed by atoms with E-state index in [0.29, 0.717) is 0 Å². The highest BCUT2D eigenvalue weighted by Crippen LogP contribution is 2.45. The summed E-state index contributed by atoms with van der Waals surface area (Å²) in [5.41, 5.74) is 3.76. The maximum atomic E-state index is 2.30. The molecule has 20 heavy (non-hydrogen) atoms. The molecule has 0 N–H and O–H groups in total. The molecule has 116 valence electrons. The van der Waals surface area contributed by atoms with Crippen molar-refractivity contribution in [3.05, 3.63) is 11.1 Å². The van der Waals surface area contributed by atoms with Crippen LogP contribution >= 0.6 is 0 Å². The van der Waals surface area contributed by atoms with Crippen LogP contribution in [-0.2, 0) is 0 Å². The summed E-state index contributed by atoms with van der Waals surface area (Å²) in [6, 6.07) is 0. The fourth-order valence-electron chi connectivity index (χ4n) is 4.20. The highest BCUT2D eigenvalue weighted by Gasteiger charge is 2.29. The van der Waals surface area contributed by atoms with Crippen LogP contribution in [0, 0.1) is 5.92 Å². The van der Waals surface area contributed by atoms with Crippen molar-refractivity contribution in [3.63, 3.8) is 0 Å². The summed E-state index contributed by atoms with van der Waals surface area (Å²) < 4.78 is 0. The van der Waals surface area contributed by atoms with E-state index in [-0.39, 0.29) is 0 Å². The average Bonchev–Trinajstić information content (AvgIpc) is 3.07. The quantitative estimate of drug-likeness (QED) is 0.261. The lowest BCUT2D eigenvalue weighted by atomic mass is 9.95. The molecule has 1 fully saturated rings. The molecule has 0 heteroatoms. The van der Waals surface area contributed by atoms with Gasteiger partial charge in [-0.2, -0.15) is 0 Å². The van der Waals surface area contributed by atoms with Crippen molar-refractivity contribution < 1.29 is 0 Å². The molecular formula is C20H36. The van der Waals surface area contributed by atoms with Crippen molar-refractivity contribution in [2.24, 2.45) is 5.92 Å². The minimum atomic E-state index is 1.08. The third kappa shape index (κ3) is 5.62. The molecule has 2 aliphatic carbocycles. The Kier molecular flexibility index (Phi) is 7.76. The van der Waals surface area contributed by atoms with Crippen LogP contribution in [0.5, 0.6) is 0 Å². The first kappa shape index (κ1) is 16.1. The van der Waals surface area contributed by atoms with Gasteiger partial charge in [-0.1, -0.05) is 82.3 Å². The zero-order chi connectivity index (χ0) is 14.0. The van der Waals surface area contributed by atoms with Crippen molar-refractivity contribution in [1.82, 2.24) is 0 Å². The van der Waals surface area contributed by atoms with E-state index in [2.05, 4.69) is 6.92 Å². The van der Waals surface area contributed by atoms with Crippen LogP contribution in [0.3, 0.4) is 0 Å². The van der Waals surface area contributed by atoms with Crippen LogP contribution < -0.4 is 0 Å². The molecule has 2 rings (SSSR count). The van der Waals surface area contributed by atoms with E-state index < -0.39 is 0 Å². The van der Waals surface area contributed by atoms with Gasteiger partial charge >= 0.3 is 0 Å². The molecule has 0 saturated heterocycles. The maximum Gasteiger partial charge on any atom is -0.0286 e. The highest BCUT2D eigenvalue weighted by atomic mass is 14.3. The summed E-state index contributed by atoms with van der Waals surface area (Å²) in [5, 5.41) is 0. The summed E-state index contributed by atoms with van der Waals surface area (Å²) >= 11 is 0. The SMILES string of the molecule is CCCCCCCCCCCCCC1=C2CCC(C1)C2. The number of fused-ring (bicyclic) bond motifs is 2. The summed E-state index contributed by atoms with van der Waals surface area (Å²) in [6.45, 7) is 2.30. The van der Waals surface area contributed by atoms with E-state index >= 15 is 0 Å². The third-order valence-electron chi connectivity index (χ3n) is 5.51. The Hall–Kier alpha value is -0.260. The molecule has 0 radical (unpaired) electrons. The number of hydrogen-bond acceptors (Lipinski definition) is 0. The van der Waals surface area contributed by atoms with Crippen LogP contribution in [0.1, 0.15) is 110 Å². The van der Waals surface area contributed by atoms with Gasteiger partial charge in [0.05, 0.1) is 0 Å². The van der Waals surface area contributed by atoms with E-state index in [4.69, 9.17) is 0 Å². The van der Waals surface area contributed by atoms with E-state index in [0.717, 1.165) is 5.92 Å². The summed E-state index contributed by atoms with van der Waals surface area (Å²) in [6.07, 6.45) is 23.5. The Balaban J connectivity index is 1.34. The normalized spacial score (nSPS) is 21.1. The van der Waals surface area contributed by atoms with Crippen molar-refractivity contribution >= 4 is 0 Å². The molecule has 0 aromatic heterocycles. The topological polar surface area (TPSA) is 0 Å². The van der Waals surface area contributed by atoms with Crippen molar-refractivity contribution in [2.75, 3.05) is 0 Å². The lowest BCUT2D eigenvalue weighted by Crippen LogP contribution is -1.94.